The van der Waals surface area contributed by atoms with Crippen LogP contribution >= 0.6 is 0 Å². The largest absolute Gasteiger partial charge is 0.479 e. The third-order valence-corrected chi connectivity index (χ3v) is 2.93. The number of ether oxygens (including phenoxy) is 1. The van der Waals surface area contributed by atoms with Crippen molar-refractivity contribution in [3.05, 3.63) is 59.6 Å². The van der Waals surface area contributed by atoms with Gasteiger partial charge < -0.3 is 14.3 Å². The van der Waals surface area contributed by atoms with E-state index in [2.05, 4.69) is 0 Å². The van der Waals surface area contributed by atoms with Crippen molar-refractivity contribution >= 4 is 17.8 Å². The molecule has 0 aliphatic heterocycles. The van der Waals surface area contributed by atoms with Crippen LogP contribution in [-0.4, -0.2) is 23.0 Å². The lowest BCUT2D eigenvalue weighted by atomic mass is 10.1. The van der Waals surface area contributed by atoms with Crippen molar-refractivity contribution in [2.24, 2.45) is 0 Å². The lowest BCUT2D eigenvalue weighted by Crippen LogP contribution is -2.22. The molecule has 5 nitrogen and oxygen atoms in total. The number of benzene rings is 1. The quantitative estimate of drug-likeness (QED) is 0.654. The Kier molecular flexibility index (Phi) is 4.78. The van der Waals surface area contributed by atoms with E-state index in [0.29, 0.717) is 11.5 Å². The zero-order valence-corrected chi connectivity index (χ0v) is 12.3. The van der Waals surface area contributed by atoms with Crippen LogP contribution in [0.1, 0.15) is 28.8 Å². The topological polar surface area (TPSA) is 76.7 Å². The Labute approximate surface area is 127 Å². The molecule has 0 saturated carbocycles. The van der Waals surface area contributed by atoms with Crippen molar-refractivity contribution in [3.63, 3.8) is 0 Å². The van der Waals surface area contributed by atoms with Crippen molar-refractivity contribution in [3.8, 4) is 5.75 Å². The second-order valence-corrected chi connectivity index (χ2v) is 4.78. The maximum atomic E-state index is 11.9. The number of aryl methyl sites for hydroxylation is 1. The standard InChI is InChI=1S/C17H16O5/c1-11-6-9-16(21-11)15(18)8-7-13-4-3-5-14(10-13)22-12(2)17(19)20/h3-10,12H,1-2H3,(H,19,20)/b8-7+. The van der Waals surface area contributed by atoms with Gasteiger partial charge in [-0.05, 0) is 49.8 Å². The van der Waals surface area contributed by atoms with E-state index in [9.17, 15) is 9.59 Å². The minimum Gasteiger partial charge on any atom is -0.479 e. The van der Waals surface area contributed by atoms with Gasteiger partial charge in [0, 0.05) is 0 Å². The first kappa shape index (κ1) is 15.6. The first-order valence-corrected chi connectivity index (χ1v) is 6.74. The van der Waals surface area contributed by atoms with Crippen LogP contribution in [0.2, 0.25) is 0 Å². The van der Waals surface area contributed by atoms with Crippen molar-refractivity contribution in [2.75, 3.05) is 0 Å². The van der Waals surface area contributed by atoms with Gasteiger partial charge in [0.1, 0.15) is 11.5 Å². The molecule has 114 valence electrons. The van der Waals surface area contributed by atoms with Gasteiger partial charge in [-0.3, -0.25) is 4.79 Å². The Balaban J connectivity index is 2.08. The number of carboxylic acid groups (broad SMARTS) is 1. The summed E-state index contributed by atoms with van der Waals surface area (Å²) in [5.41, 5.74) is 0.728. The molecule has 1 unspecified atom stereocenters. The van der Waals surface area contributed by atoms with Crippen LogP contribution in [0.25, 0.3) is 6.08 Å². The molecule has 0 aliphatic carbocycles. The van der Waals surface area contributed by atoms with Gasteiger partial charge in [-0.2, -0.15) is 0 Å². The molecule has 1 aromatic heterocycles. The smallest absolute Gasteiger partial charge is 0.344 e. The van der Waals surface area contributed by atoms with Gasteiger partial charge in [-0.15, -0.1) is 0 Å². The fourth-order valence-corrected chi connectivity index (χ4v) is 1.77. The summed E-state index contributed by atoms with van der Waals surface area (Å²) in [7, 11) is 0. The Hall–Kier alpha value is -2.82. The number of hydrogen-bond acceptors (Lipinski definition) is 4. The number of allylic oxidation sites excluding steroid dienone is 1. The molecule has 22 heavy (non-hydrogen) atoms. The summed E-state index contributed by atoms with van der Waals surface area (Å²) in [5.74, 6) is 0.108. The second kappa shape index (κ2) is 6.76. The molecule has 2 rings (SSSR count). The molecule has 0 radical (unpaired) electrons. The predicted octanol–water partition coefficient (Wildman–Crippen LogP) is 3.34. The minimum atomic E-state index is -1.04. The highest BCUT2D eigenvalue weighted by molar-refractivity contribution is 6.04. The number of hydrogen-bond donors (Lipinski definition) is 1. The molecule has 1 heterocycles. The summed E-state index contributed by atoms with van der Waals surface area (Å²) in [6, 6.07) is 10.2. The van der Waals surface area contributed by atoms with Crippen LogP contribution in [0.15, 0.2) is 46.9 Å². The average Bonchev–Trinajstić information content (AvgIpc) is 2.91. The Morgan fingerprint density at radius 2 is 2.05 bits per heavy atom. The van der Waals surface area contributed by atoms with E-state index in [4.69, 9.17) is 14.3 Å². The number of carboxylic acids is 1. The molecule has 0 fully saturated rings. The van der Waals surface area contributed by atoms with Crippen molar-refractivity contribution in [2.45, 2.75) is 20.0 Å². The summed E-state index contributed by atoms with van der Waals surface area (Å²) >= 11 is 0. The van der Waals surface area contributed by atoms with Crippen molar-refractivity contribution < 1.29 is 23.8 Å². The highest BCUT2D eigenvalue weighted by Crippen LogP contribution is 2.17. The Morgan fingerprint density at radius 3 is 2.68 bits per heavy atom. The molecule has 0 saturated heterocycles. The number of furan rings is 1. The van der Waals surface area contributed by atoms with Crippen LogP contribution in [0.5, 0.6) is 5.75 Å². The molecule has 2 aromatic rings. The third kappa shape index (κ3) is 4.09. The molecule has 5 heteroatoms. The number of ketones is 1. The number of carbonyl (C=O) groups is 2. The van der Waals surface area contributed by atoms with Crippen LogP contribution in [0.3, 0.4) is 0 Å². The van der Waals surface area contributed by atoms with E-state index >= 15 is 0 Å². The summed E-state index contributed by atoms with van der Waals surface area (Å²) < 4.78 is 10.5. The molecule has 0 amide bonds. The van der Waals surface area contributed by atoms with Crippen LogP contribution in [0.4, 0.5) is 0 Å². The first-order valence-electron chi connectivity index (χ1n) is 6.74. The molecule has 1 atom stereocenters. The van der Waals surface area contributed by atoms with Crippen molar-refractivity contribution in [1.29, 1.82) is 0 Å². The SMILES string of the molecule is Cc1ccc(C(=O)/C=C/c2cccc(OC(C)C(=O)O)c2)o1. The molecular weight excluding hydrogens is 284 g/mol. The van der Waals surface area contributed by atoms with Gasteiger partial charge in [-0.25, -0.2) is 4.79 Å². The van der Waals surface area contributed by atoms with Crippen molar-refractivity contribution in [1.82, 2.24) is 0 Å². The van der Waals surface area contributed by atoms with Gasteiger partial charge in [0.05, 0.1) is 0 Å². The Morgan fingerprint density at radius 1 is 1.27 bits per heavy atom. The highest BCUT2D eigenvalue weighted by Gasteiger charge is 2.12. The summed E-state index contributed by atoms with van der Waals surface area (Å²) in [6.07, 6.45) is 2.09. The summed E-state index contributed by atoms with van der Waals surface area (Å²) in [4.78, 5) is 22.7. The van der Waals surface area contributed by atoms with Gasteiger partial charge >= 0.3 is 5.97 Å². The van der Waals surface area contributed by atoms with E-state index in [-0.39, 0.29) is 11.5 Å². The minimum absolute atomic E-state index is 0.238. The van der Waals surface area contributed by atoms with E-state index in [1.165, 1.54) is 13.0 Å². The Bertz CT molecular complexity index is 711. The number of carbonyl (C=O) groups excluding carboxylic acids is 1. The maximum Gasteiger partial charge on any atom is 0.344 e. The lowest BCUT2D eigenvalue weighted by Gasteiger charge is -2.10. The predicted molar refractivity (Wildman–Crippen MR) is 81.0 cm³/mol. The van der Waals surface area contributed by atoms with E-state index in [0.717, 1.165) is 5.56 Å². The zero-order valence-electron chi connectivity index (χ0n) is 12.3. The molecule has 0 spiro atoms. The molecule has 0 bridgehead atoms. The van der Waals surface area contributed by atoms with Crippen LogP contribution in [-0.2, 0) is 4.79 Å². The molecule has 1 N–H and O–H groups in total. The molecule has 1 aromatic carbocycles. The van der Waals surface area contributed by atoms with Crippen LogP contribution in [0, 0.1) is 6.92 Å². The van der Waals surface area contributed by atoms with Gasteiger partial charge in [0.2, 0.25) is 5.78 Å². The van der Waals surface area contributed by atoms with E-state index in [1.54, 1.807) is 49.4 Å². The van der Waals surface area contributed by atoms with Gasteiger partial charge in [0.15, 0.2) is 11.9 Å². The zero-order chi connectivity index (χ0) is 16.1. The van der Waals surface area contributed by atoms with Gasteiger partial charge in [0.25, 0.3) is 0 Å². The normalized spacial score (nSPS) is 12.3. The molecule has 0 aliphatic rings. The first-order chi connectivity index (χ1) is 10.5. The van der Waals surface area contributed by atoms with E-state index in [1.807, 2.05) is 0 Å². The second-order valence-electron chi connectivity index (χ2n) is 4.78. The fourth-order valence-electron chi connectivity index (χ4n) is 1.77. The maximum absolute atomic E-state index is 11.9. The fraction of sp³-hybridized carbons (Fsp3) is 0.176. The summed E-state index contributed by atoms with van der Waals surface area (Å²) in [6.45, 7) is 3.22. The lowest BCUT2D eigenvalue weighted by molar-refractivity contribution is -0.144. The van der Waals surface area contributed by atoms with Crippen LogP contribution < -0.4 is 4.74 Å². The summed E-state index contributed by atoms with van der Waals surface area (Å²) in [5, 5.41) is 8.82. The van der Waals surface area contributed by atoms with E-state index < -0.39 is 12.1 Å². The highest BCUT2D eigenvalue weighted by atomic mass is 16.5. The number of aliphatic carboxylic acids is 1. The monoisotopic (exact) mass is 300 g/mol. The molecular formula is C17H16O5. The average molecular weight is 300 g/mol. The third-order valence-electron chi connectivity index (χ3n) is 2.93. The number of rotatable bonds is 6. The van der Waals surface area contributed by atoms with Gasteiger partial charge in [-0.1, -0.05) is 18.2 Å².